The first-order valence-electron chi connectivity index (χ1n) is 9.21. The third-order valence-electron chi connectivity index (χ3n) is 5.77. The predicted molar refractivity (Wildman–Crippen MR) is 102 cm³/mol. The van der Waals surface area contributed by atoms with Crippen molar-refractivity contribution in [2.45, 2.75) is 12.3 Å². The minimum absolute atomic E-state index is 0.195. The molecular formula is C22H21NO5. The molecule has 2 aliphatic rings. The molecule has 6 heteroatoms. The second-order valence-electron chi connectivity index (χ2n) is 7.05. The number of hydrogen-bond donors (Lipinski definition) is 0. The highest BCUT2D eigenvalue weighted by Crippen LogP contribution is 2.67. The molecule has 2 aromatic carbocycles. The fourth-order valence-corrected chi connectivity index (χ4v) is 4.45. The largest absolute Gasteiger partial charge is 0.497 e. The van der Waals surface area contributed by atoms with Gasteiger partial charge in [-0.25, -0.2) is 0 Å². The molecule has 0 saturated heterocycles. The quantitative estimate of drug-likeness (QED) is 0.590. The van der Waals surface area contributed by atoms with Crippen LogP contribution in [0.1, 0.15) is 22.8 Å². The second-order valence-corrected chi connectivity index (χ2v) is 7.05. The molecule has 0 aromatic heterocycles. The summed E-state index contributed by atoms with van der Waals surface area (Å²) in [5, 5.41) is 0. The van der Waals surface area contributed by atoms with E-state index < -0.39 is 23.2 Å². The average molecular weight is 379 g/mol. The smallest absolute Gasteiger partial charge is 0.311 e. The van der Waals surface area contributed by atoms with Crippen LogP contribution in [0.5, 0.6) is 5.75 Å². The summed E-state index contributed by atoms with van der Waals surface area (Å²) in [6.07, 6.45) is 0. The Balaban J connectivity index is 1.80. The lowest BCUT2D eigenvalue weighted by Crippen LogP contribution is -2.32. The Labute approximate surface area is 163 Å². The van der Waals surface area contributed by atoms with E-state index >= 15 is 0 Å². The highest BCUT2D eigenvalue weighted by Gasteiger charge is 2.79. The molecule has 1 heterocycles. The first-order valence-corrected chi connectivity index (χ1v) is 9.21. The van der Waals surface area contributed by atoms with Crippen LogP contribution in [-0.4, -0.2) is 38.4 Å². The van der Waals surface area contributed by atoms with Gasteiger partial charge in [-0.3, -0.25) is 14.4 Å². The number of benzene rings is 2. The Hall–Kier alpha value is -3.15. The zero-order chi connectivity index (χ0) is 20.1. The van der Waals surface area contributed by atoms with Gasteiger partial charge in [0.1, 0.15) is 11.2 Å². The topological polar surface area (TPSA) is 72.9 Å². The van der Waals surface area contributed by atoms with E-state index in [1.807, 2.05) is 24.3 Å². The molecule has 1 fully saturated rings. The van der Waals surface area contributed by atoms with Crippen molar-refractivity contribution in [3.63, 3.8) is 0 Å². The Kier molecular flexibility index (Phi) is 4.22. The molecule has 4 rings (SSSR count). The number of carbonyl (C=O) groups is 3. The molecule has 0 bridgehead atoms. The van der Waals surface area contributed by atoms with E-state index in [4.69, 9.17) is 9.47 Å². The van der Waals surface area contributed by atoms with E-state index in [0.717, 1.165) is 5.69 Å². The Morgan fingerprint density at radius 1 is 1.07 bits per heavy atom. The number of nitrogens with zero attached hydrogens (tertiary/aromatic N) is 1. The maximum Gasteiger partial charge on any atom is 0.311 e. The van der Waals surface area contributed by atoms with Gasteiger partial charge in [-0.2, -0.15) is 0 Å². The summed E-state index contributed by atoms with van der Waals surface area (Å²) in [7, 11) is 3.22. The van der Waals surface area contributed by atoms with Crippen LogP contribution >= 0.6 is 0 Å². The minimum Gasteiger partial charge on any atom is -0.497 e. The number of ketones is 1. The molecule has 3 atom stereocenters. The molecule has 2 aromatic rings. The number of amides is 1. The molecule has 28 heavy (non-hydrogen) atoms. The number of esters is 1. The van der Waals surface area contributed by atoms with Gasteiger partial charge < -0.3 is 14.4 Å². The van der Waals surface area contributed by atoms with E-state index in [2.05, 4.69) is 0 Å². The van der Waals surface area contributed by atoms with Crippen LogP contribution in [0.25, 0.3) is 0 Å². The highest BCUT2D eigenvalue weighted by molar-refractivity contribution is 6.20. The van der Waals surface area contributed by atoms with Gasteiger partial charge in [-0.05, 0) is 42.8 Å². The van der Waals surface area contributed by atoms with E-state index in [1.165, 1.54) is 4.90 Å². The molecule has 0 radical (unpaired) electrons. The second kappa shape index (κ2) is 6.48. The van der Waals surface area contributed by atoms with Crippen LogP contribution in [0.2, 0.25) is 0 Å². The zero-order valence-corrected chi connectivity index (χ0v) is 16.0. The number of likely N-dealkylation sites (N-methyl/N-ethyl adjacent to an activating group) is 1. The molecule has 1 saturated carbocycles. The summed E-state index contributed by atoms with van der Waals surface area (Å²) in [6.45, 7) is 1.91. The summed E-state index contributed by atoms with van der Waals surface area (Å²) in [4.78, 5) is 40.8. The number of methoxy groups -OCH3 is 1. The molecule has 144 valence electrons. The van der Waals surface area contributed by atoms with Crippen molar-refractivity contribution in [3.8, 4) is 5.75 Å². The van der Waals surface area contributed by atoms with Gasteiger partial charge in [0.05, 0.1) is 25.6 Å². The van der Waals surface area contributed by atoms with Crippen molar-refractivity contribution in [3.05, 3.63) is 59.7 Å². The van der Waals surface area contributed by atoms with Crippen molar-refractivity contribution in [1.29, 1.82) is 0 Å². The van der Waals surface area contributed by atoms with Crippen molar-refractivity contribution >= 4 is 23.3 Å². The normalized spacial score (nSPS) is 24.8. The average Bonchev–Trinajstić information content (AvgIpc) is 3.38. The van der Waals surface area contributed by atoms with Gasteiger partial charge in [0.25, 0.3) is 0 Å². The molecule has 1 aliphatic carbocycles. The van der Waals surface area contributed by atoms with Gasteiger partial charge in [-0.1, -0.05) is 18.2 Å². The number of carbonyl (C=O) groups excluding carboxylic acids is 3. The lowest BCUT2D eigenvalue weighted by Gasteiger charge is -2.11. The number of rotatable bonds is 5. The third kappa shape index (κ3) is 2.30. The molecule has 1 amide bonds. The fourth-order valence-electron chi connectivity index (χ4n) is 4.45. The molecular weight excluding hydrogens is 358 g/mol. The first kappa shape index (κ1) is 18.2. The highest BCUT2D eigenvalue weighted by atomic mass is 16.5. The number of para-hydroxylation sites is 1. The summed E-state index contributed by atoms with van der Waals surface area (Å²) in [5.74, 6) is -1.95. The Morgan fingerprint density at radius 3 is 2.39 bits per heavy atom. The van der Waals surface area contributed by atoms with Crippen LogP contribution in [0, 0.1) is 11.8 Å². The Morgan fingerprint density at radius 2 is 1.75 bits per heavy atom. The summed E-state index contributed by atoms with van der Waals surface area (Å²) >= 11 is 0. The minimum atomic E-state index is -1.19. The van der Waals surface area contributed by atoms with Crippen LogP contribution in [0.3, 0.4) is 0 Å². The zero-order valence-electron chi connectivity index (χ0n) is 16.0. The van der Waals surface area contributed by atoms with Gasteiger partial charge in [0.15, 0.2) is 5.78 Å². The van der Waals surface area contributed by atoms with Crippen molar-refractivity contribution in [2.75, 3.05) is 25.7 Å². The number of hydrogen-bond acceptors (Lipinski definition) is 5. The molecule has 6 nitrogen and oxygen atoms in total. The van der Waals surface area contributed by atoms with Crippen LogP contribution in [0.15, 0.2) is 48.5 Å². The molecule has 1 unspecified atom stereocenters. The van der Waals surface area contributed by atoms with E-state index in [1.54, 1.807) is 45.3 Å². The number of anilines is 1. The van der Waals surface area contributed by atoms with Gasteiger partial charge in [0, 0.05) is 18.3 Å². The van der Waals surface area contributed by atoms with Crippen molar-refractivity contribution in [1.82, 2.24) is 0 Å². The first-order chi connectivity index (χ1) is 13.5. The lowest BCUT2D eigenvalue weighted by atomic mass is 9.91. The van der Waals surface area contributed by atoms with E-state index in [0.29, 0.717) is 16.9 Å². The van der Waals surface area contributed by atoms with Crippen LogP contribution in [0.4, 0.5) is 5.69 Å². The van der Waals surface area contributed by atoms with E-state index in [9.17, 15) is 14.4 Å². The predicted octanol–water partition coefficient (Wildman–Crippen LogP) is 2.60. The van der Waals surface area contributed by atoms with Gasteiger partial charge >= 0.3 is 5.97 Å². The summed E-state index contributed by atoms with van der Waals surface area (Å²) < 4.78 is 10.4. The SMILES string of the molecule is CCOC(=O)[C@H]1[C@H](C(=O)c2ccc(OC)cc2)C12C(=O)N(C)c1ccccc12. The summed E-state index contributed by atoms with van der Waals surface area (Å²) in [6, 6.07) is 14.0. The summed E-state index contributed by atoms with van der Waals surface area (Å²) in [5.41, 5.74) is 0.699. The maximum atomic E-state index is 13.3. The molecule has 0 N–H and O–H groups in total. The van der Waals surface area contributed by atoms with Gasteiger partial charge in [-0.15, -0.1) is 0 Å². The molecule has 1 aliphatic heterocycles. The standard InChI is InChI=1S/C22H21NO5/c1-4-28-20(25)18-17(19(24)13-9-11-14(27-3)12-10-13)22(18)15-7-5-6-8-16(15)23(2)21(22)26/h5-12,17-18H,4H2,1-3H3/t17-,18-,22?/m1/s1. The van der Waals surface area contributed by atoms with Crippen molar-refractivity contribution < 1.29 is 23.9 Å². The van der Waals surface area contributed by atoms with E-state index in [-0.39, 0.29) is 18.3 Å². The van der Waals surface area contributed by atoms with Gasteiger partial charge in [0.2, 0.25) is 5.91 Å². The number of fused-ring (bicyclic) bond motifs is 2. The third-order valence-corrected chi connectivity index (χ3v) is 5.77. The Bertz CT molecular complexity index is 967. The lowest BCUT2D eigenvalue weighted by molar-refractivity contribution is -0.146. The fraction of sp³-hybridized carbons (Fsp3) is 0.318. The monoisotopic (exact) mass is 379 g/mol. The van der Waals surface area contributed by atoms with Crippen molar-refractivity contribution in [2.24, 2.45) is 11.8 Å². The number of ether oxygens (including phenoxy) is 2. The number of Topliss-reactive ketones (excluding diaryl/α,β-unsaturated/α-hetero) is 1. The molecule has 1 spiro atoms. The maximum absolute atomic E-state index is 13.3. The van der Waals surface area contributed by atoms with Crippen LogP contribution < -0.4 is 9.64 Å². The van der Waals surface area contributed by atoms with Crippen LogP contribution in [-0.2, 0) is 19.7 Å².